The minimum atomic E-state index is -0.187. The zero-order valence-corrected chi connectivity index (χ0v) is 9.17. The summed E-state index contributed by atoms with van der Waals surface area (Å²) in [7, 11) is 0. The predicted molar refractivity (Wildman–Crippen MR) is 63.2 cm³/mol. The van der Waals surface area contributed by atoms with Crippen LogP contribution >= 0.6 is 0 Å². The molecule has 82 valence electrons. The van der Waals surface area contributed by atoms with Crippen LogP contribution in [0.25, 0.3) is 6.08 Å². The molecule has 0 bridgehead atoms. The van der Waals surface area contributed by atoms with Crippen LogP contribution in [0.4, 0.5) is 4.39 Å². The van der Waals surface area contributed by atoms with Gasteiger partial charge in [-0.25, -0.2) is 4.39 Å². The van der Waals surface area contributed by atoms with E-state index in [1.54, 1.807) is 12.1 Å². The van der Waals surface area contributed by atoms with Gasteiger partial charge < -0.3 is 5.32 Å². The first-order valence-electron chi connectivity index (χ1n) is 5.45. The van der Waals surface area contributed by atoms with Crippen LogP contribution in [0, 0.1) is 5.82 Å². The molecule has 0 amide bonds. The number of nitrogens with one attached hydrogen (secondary N) is 1. The van der Waals surface area contributed by atoms with Crippen molar-refractivity contribution in [1.29, 1.82) is 0 Å². The summed E-state index contributed by atoms with van der Waals surface area (Å²) in [5.41, 5.74) is 1.04. The molecule has 0 aromatic heterocycles. The highest BCUT2D eigenvalue weighted by atomic mass is 19.1. The van der Waals surface area contributed by atoms with Crippen molar-refractivity contribution in [3.8, 4) is 0 Å². The number of hydrogen-bond acceptors (Lipinski definition) is 1. The van der Waals surface area contributed by atoms with Gasteiger partial charge in [-0.15, -0.1) is 0 Å². The number of halogens is 1. The van der Waals surface area contributed by atoms with Crippen LogP contribution in [0.1, 0.15) is 25.3 Å². The van der Waals surface area contributed by atoms with Crippen molar-refractivity contribution >= 4 is 6.08 Å². The quantitative estimate of drug-likeness (QED) is 0.706. The van der Waals surface area contributed by atoms with Gasteiger partial charge in [-0.1, -0.05) is 37.6 Å². The average Bonchev–Trinajstić information content (AvgIpc) is 2.26. The molecule has 1 N–H and O–H groups in total. The summed E-state index contributed by atoms with van der Waals surface area (Å²) in [6, 6.07) is 6.50. The second-order valence-corrected chi connectivity index (χ2v) is 3.51. The molecular weight excluding hydrogens is 189 g/mol. The molecule has 2 heteroatoms. The maximum absolute atomic E-state index is 12.6. The fourth-order valence-electron chi connectivity index (χ4n) is 1.26. The molecule has 0 aliphatic carbocycles. The molecule has 15 heavy (non-hydrogen) atoms. The zero-order valence-electron chi connectivity index (χ0n) is 9.17. The second kappa shape index (κ2) is 7.18. The number of hydrogen-bond donors (Lipinski definition) is 1. The van der Waals surface area contributed by atoms with E-state index in [0.29, 0.717) is 0 Å². The van der Waals surface area contributed by atoms with Crippen LogP contribution in [-0.2, 0) is 0 Å². The van der Waals surface area contributed by atoms with Crippen molar-refractivity contribution in [2.45, 2.75) is 19.8 Å². The molecule has 0 fully saturated rings. The van der Waals surface area contributed by atoms with Gasteiger partial charge in [0.15, 0.2) is 0 Å². The van der Waals surface area contributed by atoms with Gasteiger partial charge in [0.25, 0.3) is 0 Å². The predicted octanol–water partition coefficient (Wildman–Crippen LogP) is 3.23. The Hall–Kier alpha value is -1.15. The molecule has 1 nitrogen and oxygen atoms in total. The van der Waals surface area contributed by atoms with E-state index in [4.69, 9.17) is 0 Å². The third-order valence-corrected chi connectivity index (χ3v) is 2.15. The van der Waals surface area contributed by atoms with Gasteiger partial charge >= 0.3 is 0 Å². The fraction of sp³-hybridized carbons (Fsp3) is 0.385. The topological polar surface area (TPSA) is 12.0 Å². The molecule has 0 saturated carbocycles. The second-order valence-electron chi connectivity index (χ2n) is 3.51. The molecule has 1 aromatic rings. The van der Waals surface area contributed by atoms with E-state index in [2.05, 4.69) is 18.3 Å². The molecule has 0 heterocycles. The molecule has 0 radical (unpaired) electrons. The molecular formula is C13H18FN. The lowest BCUT2D eigenvalue weighted by Crippen LogP contribution is -2.14. The van der Waals surface area contributed by atoms with E-state index < -0.39 is 0 Å². The van der Waals surface area contributed by atoms with E-state index in [9.17, 15) is 4.39 Å². The number of benzene rings is 1. The van der Waals surface area contributed by atoms with Crippen LogP contribution in [0.15, 0.2) is 30.3 Å². The Morgan fingerprint density at radius 2 is 2.00 bits per heavy atom. The van der Waals surface area contributed by atoms with E-state index in [1.165, 1.54) is 25.0 Å². The fourth-order valence-corrected chi connectivity index (χ4v) is 1.26. The summed E-state index contributed by atoms with van der Waals surface area (Å²) in [4.78, 5) is 0. The molecule has 1 aromatic carbocycles. The van der Waals surface area contributed by atoms with E-state index >= 15 is 0 Å². The van der Waals surface area contributed by atoms with Crippen molar-refractivity contribution in [2.24, 2.45) is 0 Å². The maximum Gasteiger partial charge on any atom is 0.123 e. The van der Waals surface area contributed by atoms with Crippen LogP contribution in [0.2, 0.25) is 0 Å². The summed E-state index contributed by atoms with van der Waals surface area (Å²) in [5.74, 6) is -0.187. The van der Waals surface area contributed by atoms with Gasteiger partial charge in [0.1, 0.15) is 5.82 Å². The molecule has 0 aliphatic heterocycles. The first-order valence-corrected chi connectivity index (χ1v) is 5.45. The minimum absolute atomic E-state index is 0.187. The van der Waals surface area contributed by atoms with Crippen LogP contribution < -0.4 is 5.32 Å². The summed E-state index contributed by atoms with van der Waals surface area (Å²) in [6.45, 7) is 4.11. The Kier molecular flexibility index (Phi) is 5.71. The summed E-state index contributed by atoms with van der Waals surface area (Å²) >= 11 is 0. The summed E-state index contributed by atoms with van der Waals surface area (Å²) < 4.78 is 12.6. The Morgan fingerprint density at radius 3 is 2.67 bits per heavy atom. The Balaban J connectivity index is 2.23. The van der Waals surface area contributed by atoms with Crippen molar-refractivity contribution in [2.75, 3.05) is 13.1 Å². The van der Waals surface area contributed by atoms with Crippen LogP contribution in [-0.4, -0.2) is 13.1 Å². The smallest absolute Gasteiger partial charge is 0.123 e. The van der Waals surface area contributed by atoms with Gasteiger partial charge in [0.05, 0.1) is 0 Å². The first-order chi connectivity index (χ1) is 7.33. The Bertz CT molecular complexity index is 290. The normalized spacial score (nSPS) is 11.1. The first kappa shape index (κ1) is 11.9. The van der Waals surface area contributed by atoms with Crippen LogP contribution in [0.3, 0.4) is 0 Å². The highest BCUT2D eigenvalue weighted by molar-refractivity contribution is 5.48. The van der Waals surface area contributed by atoms with Gasteiger partial charge in [0.2, 0.25) is 0 Å². The van der Waals surface area contributed by atoms with E-state index in [0.717, 1.165) is 18.7 Å². The zero-order chi connectivity index (χ0) is 10.9. The molecule has 1 rings (SSSR count). The monoisotopic (exact) mass is 207 g/mol. The molecule has 0 atom stereocenters. The van der Waals surface area contributed by atoms with Gasteiger partial charge in [-0.3, -0.25) is 0 Å². The Labute approximate surface area is 91.0 Å². The Morgan fingerprint density at radius 1 is 1.27 bits per heavy atom. The standard InChI is InChI=1S/C13H18FN/c1-2-3-10-15-11-4-5-12-6-8-13(14)9-7-12/h4-9,15H,2-3,10-11H2,1H3. The van der Waals surface area contributed by atoms with Crippen molar-refractivity contribution in [3.05, 3.63) is 41.7 Å². The molecule has 0 spiro atoms. The highest BCUT2D eigenvalue weighted by Gasteiger charge is 1.88. The molecule has 0 unspecified atom stereocenters. The van der Waals surface area contributed by atoms with E-state index in [1.807, 2.05) is 6.08 Å². The summed E-state index contributed by atoms with van der Waals surface area (Å²) in [6.07, 6.45) is 6.49. The largest absolute Gasteiger partial charge is 0.313 e. The van der Waals surface area contributed by atoms with Crippen molar-refractivity contribution < 1.29 is 4.39 Å². The highest BCUT2D eigenvalue weighted by Crippen LogP contribution is 2.03. The van der Waals surface area contributed by atoms with Gasteiger partial charge in [-0.2, -0.15) is 0 Å². The van der Waals surface area contributed by atoms with Crippen LogP contribution in [0.5, 0.6) is 0 Å². The van der Waals surface area contributed by atoms with Gasteiger partial charge in [0, 0.05) is 6.54 Å². The van der Waals surface area contributed by atoms with E-state index in [-0.39, 0.29) is 5.82 Å². The number of unbranched alkanes of at least 4 members (excludes halogenated alkanes) is 1. The third kappa shape index (κ3) is 5.33. The lowest BCUT2D eigenvalue weighted by atomic mass is 10.2. The lowest BCUT2D eigenvalue weighted by Gasteiger charge is -1.98. The summed E-state index contributed by atoms with van der Waals surface area (Å²) in [5, 5.41) is 3.31. The van der Waals surface area contributed by atoms with Gasteiger partial charge in [-0.05, 0) is 30.7 Å². The minimum Gasteiger partial charge on any atom is -0.313 e. The van der Waals surface area contributed by atoms with Crippen molar-refractivity contribution in [3.63, 3.8) is 0 Å². The molecule has 0 saturated heterocycles. The lowest BCUT2D eigenvalue weighted by molar-refractivity contribution is 0.628. The number of rotatable bonds is 6. The van der Waals surface area contributed by atoms with Crippen molar-refractivity contribution in [1.82, 2.24) is 5.32 Å². The molecule has 0 aliphatic rings. The average molecular weight is 207 g/mol. The SMILES string of the molecule is CCCCNCC=Cc1ccc(F)cc1. The third-order valence-electron chi connectivity index (χ3n) is 2.15. The maximum atomic E-state index is 12.6.